The molecule has 0 fully saturated rings. The van der Waals surface area contributed by atoms with E-state index in [1.165, 1.54) is 0 Å². The quantitative estimate of drug-likeness (QED) is 0.840. The van der Waals surface area contributed by atoms with Gasteiger partial charge in [0.1, 0.15) is 23.0 Å². The summed E-state index contributed by atoms with van der Waals surface area (Å²) in [6.45, 7) is 4.93. The number of benzene rings is 2. The Morgan fingerprint density at radius 2 is 1.48 bits per heavy atom. The van der Waals surface area contributed by atoms with Gasteiger partial charge in [0.15, 0.2) is 0 Å². The van der Waals surface area contributed by atoms with Crippen molar-refractivity contribution in [1.82, 2.24) is 10.4 Å². The van der Waals surface area contributed by atoms with Gasteiger partial charge in [-0.3, -0.25) is 15.0 Å². The number of hydrogen-bond acceptors (Lipinski definition) is 2. The van der Waals surface area contributed by atoms with Crippen LogP contribution in [0.15, 0.2) is 42.5 Å². The Balaban J connectivity index is 2.36. The topological polar surface area (TPSA) is 49.4 Å². The predicted octanol–water partition coefficient (Wildman–Crippen LogP) is 3.69. The van der Waals surface area contributed by atoms with E-state index in [1.54, 1.807) is 51.1 Å². The molecule has 4 nitrogen and oxygen atoms in total. The summed E-state index contributed by atoms with van der Waals surface area (Å²) in [7, 11) is 0. The summed E-state index contributed by atoms with van der Waals surface area (Å²) in [6.07, 6.45) is 0. The van der Waals surface area contributed by atoms with Crippen LogP contribution in [0.3, 0.4) is 0 Å². The molecule has 1 N–H and O–H groups in total. The monoisotopic (exact) mass is 350 g/mol. The first-order chi connectivity index (χ1) is 11.6. The lowest BCUT2D eigenvalue weighted by molar-refractivity contribution is 0.0355. The second-order valence-electron chi connectivity index (χ2n) is 6.36. The molecule has 0 saturated heterocycles. The zero-order valence-corrected chi connectivity index (χ0v) is 13.9. The Labute approximate surface area is 143 Å². The number of rotatable bonds is 2. The van der Waals surface area contributed by atoms with Crippen molar-refractivity contribution >= 4 is 11.8 Å². The Morgan fingerprint density at radius 1 is 0.960 bits per heavy atom. The van der Waals surface area contributed by atoms with Gasteiger partial charge in [-0.2, -0.15) is 0 Å². The molecule has 25 heavy (non-hydrogen) atoms. The molecular weight excluding hydrogens is 333 g/mol. The molecule has 0 aliphatic rings. The van der Waals surface area contributed by atoms with E-state index in [1.807, 2.05) is 0 Å². The van der Waals surface area contributed by atoms with Gasteiger partial charge < -0.3 is 0 Å². The van der Waals surface area contributed by atoms with E-state index < -0.39 is 40.4 Å². The molecule has 7 heteroatoms. The van der Waals surface area contributed by atoms with E-state index >= 15 is 0 Å². The first-order valence-corrected chi connectivity index (χ1v) is 7.46. The summed E-state index contributed by atoms with van der Waals surface area (Å²) in [6, 6.07) is 8.92. The highest BCUT2D eigenvalue weighted by atomic mass is 19.1. The fourth-order valence-corrected chi connectivity index (χ4v) is 2.15. The highest BCUT2D eigenvalue weighted by Gasteiger charge is 2.31. The van der Waals surface area contributed by atoms with E-state index in [0.29, 0.717) is 12.1 Å². The van der Waals surface area contributed by atoms with Gasteiger partial charge in [0, 0.05) is 17.7 Å². The Morgan fingerprint density at radius 3 is 1.96 bits per heavy atom. The average Bonchev–Trinajstić information content (AvgIpc) is 2.50. The van der Waals surface area contributed by atoms with Crippen molar-refractivity contribution < 1.29 is 22.8 Å². The molecular formula is C18H17F3N2O2. The molecule has 2 rings (SSSR count). The number of nitrogens with one attached hydrogen (secondary N) is 1. The SMILES string of the molecule is CC(C)(C)N(NC(=O)c1c(F)cc(F)cc1F)C(=O)c1ccccc1. The van der Waals surface area contributed by atoms with Crippen molar-refractivity contribution in [3.05, 3.63) is 71.0 Å². The minimum Gasteiger partial charge on any atom is -0.267 e. The van der Waals surface area contributed by atoms with Crippen molar-refractivity contribution in [3.63, 3.8) is 0 Å². The average molecular weight is 350 g/mol. The largest absolute Gasteiger partial charge is 0.275 e. The van der Waals surface area contributed by atoms with Gasteiger partial charge in [-0.05, 0) is 32.9 Å². The number of hydrogen-bond donors (Lipinski definition) is 1. The van der Waals surface area contributed by atoms with Crippen LogP contribution in [0.25, 0.3) is 0 Å². The lowest BCUT2D eigenvalue weighted by atomic mass is 10.1. The zero-order chi connectivity index (χ0) is 18.8. The second kappa shape index (κ2) is 6.96. The van der Waals surface area contributed by atoms with Gasteiger partial charge in [0.25, 0.3) is 11.8 Å². The molecule has 0 aliphatic carbocycles. The van der Waals surface area contributed by atoms with Crippen LogP contribution in [0.4, 0.5) is 13.2 Å². The fourth-order valence-electron chi connectivity index (χ4n) is 2.15. The van der Waals surface area contributed by atoms with E-state index in [9.17, 15) is 22.8 Å². The number of amides is 2. The van der Waals surface area contributed by atoms with Crippen molar-refractivity contribution in [2.45, 2.75) is 26.3 Å². The maximum absolute atomic E-state index is 13.8. The standard InChI is InChI=1S/C18H17F3N2O2/c1-18(2,3)23(17(25)11-7-5-4-6-8-11)22-16(24)15-13(20)9-12(19)10-14(15)21/h4-10H,1-3H3,(H,22,24). The maximum atomic E-state index is 13.8. The number of nitrogens with zero attached hydrogens (tertiary/aromatic N) is 1. The van der Waals surface area contributed by atoms with Crippen LogP contribution >= 0.6 is 0 Å². The molecule has 2 aromatic carbocycles. The summed E-state index contributed by atoms with van der Waals surface area (Å²) < 4.78 is 40.6. The van der Waals surface area contributed by atoms with E-state index in [-0.39, 0.29) is 5.56 Å². The third kappa shape index (κ3) is 4.17. The van der Waals surface area contributed by atoms with Gasteiger partial charge in [-0.15, -0.1) is 0 Å². The molecule has 0 bridgehead atoms. The molecule has 0 aromatic heterocycles. The third-order valence-electron chi connectivity index (χ3n) is 3.34. The van der Waals surface area contributed by atoms with Gasteiger partial charge in [-0.25, -0.2) is 18.2 Å². The van der Waals surface area contributed by atoms with Gasteiger partial charge in [0.05, 0.1) is 5.54 Å². The van der Waals surface area contributed by atoms with E-state index in [4.69, 9.17) is 0 Å². The maximum Gasteiger partial charge on any atom is 0.275 e. The minimum atomic E-state index is -1.35. The first kappa shape index (κ1) is 18.5. The van der Waals surface area contributed by atoms with Crippen LogP contribution in [0.2, 0.25) is 0 Å². The van der Waals surface area contributed by atoms with E-state index in [0.717, 1.165) is 5.01 Å². The minimum absolute atomic E-state index is 0.290. The van der Waals surface area contributed by atoms with Crippen molar-refractivity contribution in [1.29, 1.82) is 0 Å². The number of halogens is 3. The Kier molecular flexibility index (Phi) is 5.15. The molecule has 2 amide bonds. The lowest BCUT2D eigenvalue weighted by Crippen LogP contribution is -2.56. The van der Waals surface area contributed by atoms with Crippen LogP contribution in [0, 0.1) is 17.5 Å². The summed E-state index contributed by atoms with van der Waals surface area (Å²) in [5, 5.41) is 0.979. The van der Waals surface area contributed by atoms with Crippen LogP contribution in [-0.4, -0.2) is 22.4 Å². The van der Waals surface area contributed by atoms with Crippen molar-refractivity contribution in [3.8, 4) is 0 Å². The molecule has 0 radical (unpaired) electrons. The first-order valence-electron chi connectivity index (χ1n) is 7.46. The molecule has 2 aromatic rings. The molecule has 0 unspecified atom stereocenters. The highest BCUT2D eigenvalue weighted by Crippen LogP contribution is 2.18. The van der Waals surface area contributed by atoms with E-state index in [2.05, 4.69) is 5.43 Å². The Hall–Kier alpha value is -2.83. The normalized spacial score (nSPS) is 11.1. The lowest BCUT2D eigenvalue weighted by Gasteiger charge is -2.35. The fraction of sp³-hybridized carbons (Fsp3) is 0.222. The summed E-state index contributed by atoms with van der Waals surface area (Å²) >= 11 is 0. The molecule has 0 saturated carbocycles. The molecule has 0 aliphatic heterocycles. The van der Waals surface area contributed by atoms with Gasteiger partial charge in [-0.1, -0.05) is 18.2 Å². The summed E-state index contributed by atoms with van der Waals surface area (Å²) in [5.74, 6) is -5.58. The molecule has 0 atom stereocenters. The Bertz CT molecular complexity index is 779. The number of carbonyl (C=O) groups excluding carboxylic acids is 2. The summed E-state index contributed by atoms with van der Waals surface area (Å²) in [4.78, 5) is 24.9. The second-order valence-corrected chi connectivity index (χ2v) is 6.36. The third-order valence-corrected chi connectivity index (χ3v) is 3.34. The van der Waals surface area contributed by atoms with Crippen LogP contribution in [-0.2, 0) is 0 Å². The van der Waals surface area contributed by atoms with Crippen LogP contribution in [0.1, 0.15) is 41.5 Å². The van der Waals surface area contributed by atoms with Crippen molar-refractivity contribution in [2.75, 3.05) is 0 Å². The molecule has 0 heterocycles. The summed E-state index contributed by atoms with van der Waals surface area (Å²) in [5.41, 5.74) is 0.664. The molecule has 132 valence electrons. The number of hydrazine groups is 1. The van der Waals surface area contributed by atoms with Crippen molar-refractivity contribution in [2.24, 2.45) is 0 Å². The predicted molar refractivity (Wildman–Crippen MR) is 86.1 cm³/mol. The van der Waals surface area contributed by atoms with Crippen LogP contribution in [0.5, 0.6) is 0 Å². The van der Waals surface area contributed by atoms with Gasteiger partial charge >= 0.3 is 0 Å². The smallest absolute Gasteiger partial charge is 0.267 e. The molecule has 0 spiro atoms. The van der Waals surface area contributed by atoms with Crippen LogP contribution < -0.4 is 5.43 Å². The highest BCUT2D eigenvalue weighted by molar-refractivity contribution is 5.99. The van der Waals surface area contributed by atoms with Gasteiger partial charge in [0.2, 0.25) is 0 Å². The zero-order valence-electron chi connectivity index (χ0n) is 13.9. The number of carbonyl (C=O) groups is 2.